The molecule has 3 atom stereocenters. The molecule has 4 rings (SSSR count). The zero-order chi connectivity index (χ0) is 20.4. The van der Waals surface area contributed by atoms with Gasteiger partial charge in [0.1, 0.15) is 0 Å². The minimum Gasteiger partial charge on any atom is -0.481 e. The molecule has 1 amide bonds. The minimum atomic E-state index is -0.707. The van der Waals surface area contributed by atoms with Crippen molar-refractivity contribution in [3.8, 4) is 0 Å². The van der Waals surface area contributed by atoms with E-state index in [1.54, 1.807) is 0 Å². The van der Waals surface area contributed by atoms with Crippen molar-refractivity contribution in [1.29, 1.82) is 0 Å². The van der Waals surface area contributed by atoms with Crippen LogP contribution in [0.2, 0.25) is 0 Å². The van der Waals surface area contributed by atoms with Gasteiger partial charge in [-0.25, -0.2) is 0 Å². The SMILES string of the molecule is CC(C(=O)NC(c1ccccc1)c1ccccc1)N1C[C@@H]2CCC[C@@]2(C(=O)O)C1. The van der Waals surface area contributed by atoms with Gasteiger partial charge in [0.25, 0.3) is 0 Å². The van der Waals surface area contributed by atoms with Crippen molar-refractivity contribution < 1.29 is 14.7 Å². The molecule has 2 N–H and O–H groups in total. The molecule has 1 aliphatic carbocycles. The number of likely N-dealkylation sites (tertiary alicyclic amines) is 1. The zero-order valence-corrected chi connectivity index (χ0v) is 16.8. The smallest absolute Gasteiger partial charge is 0.311 e. The molecule has 2 aromatic carbocycles. The molecular weight excluding hydrogens is 364 g/mol. The van der Waals surface area contributed by atoms with Crippen LogP contribution in [-0.4, -0.2) is 41.0 Å². The van der Waals surface area contributed by atoms with E-state index in [1.807, 2.05) is 67.6 Å². The van der Waals surface area contributed by atoms with Crippen molar-refractivity contribution in [3.63, 3.8) is 0 Å². The van der Waals surface area contributed by atoms with Crippen molar-refractivity contribution in [3.05, 3.63) is 71.8 Å². The maximum Gasteiger partial charge on any atom is 0.311 e. The Hall–Kier alpha value is -2.66. The summed E-state index contributed by atoms with van der Waals surface area (Å²) in [7, 11) is 0. The molecule has 1 saturated heterocycles. The highest BCUT2D eigenvalue weighted by Crippen LogP contribution is 2.49. The Morgan fingerprint density at radius 3 is 2.17 bits per heavy atom. The molecule has 2 aliphatic rings. The van der Waals surface area contributed by atoms with Crippen LogP contribution in [0, 0.1) is 11.3 Å². The van der Waals surface area contributed by atoms with Crippen LogP contribution in [0.15, 0.2) is 60.7 Å². The van der Waals surface area contributed by atoms with Crippen molar-refractivity contribution in [2.45, 2.75) is 38.3 Å². The normalized spacial score (nSPS) is 25.0. The summed E-state index contributed by atoms with van der Waals surface area (Å²) in [6.07, 6.45) is 2.62. The maximum absolute atomic E-state index is 13.2. The van der Waals surface area contributed by atoms with Gasteiger partial charge < -0.3 is 10.4 Å². The zero-order valence-electron chi connectivity index (χ0n) is 16.8. The number of carbonyl (C=O) groups is 2. The van der Waals surface area contributed by atoms with Crippen LogP contribution in [0.4, 0.5) is 0 Å². The molecule has 2 aromatic rings. The van der Waals surface area contributed by atoms with E-state index < -0.39 is 11.4 Å². The van der Waals surface area contributed by atoms with Crippen LogP contribution < -0.4 is 5.32 Å². The summed E-state index contributed by atoms with van der Waals surface area (Å²) >= 11 is 0. The number of carboxylic acid groups (broad SMARTS) is 1. The van der Waals surface area contributed by atoms with E-state index in [4.69, 9.17) is 0 Å². The van der Waals surface area contributed by atoms with Gasteiger partial charge in [-0.1, -0.05) is 67.1 Å². The van der Waals surface area contributed by atoms with Crippen LogP contribution >= 0.6 is 0 Å². The second-order valence-electron chi connectivity index (χ2n) is 8.42. The molecule has 1 aliphatic heterocycles. The fourth-order valence-corrected chi connectivity index (χ4v) is 5.05. The Labute approximate surface area is 171 Å². The first-order valence-corrected chi connectivity index (χ1v) is 10.4. The predicted octanol–water partition coefficient (Wildman–Crippen LogP) is 3.47. The average Bonchev–Trinajstić information content (AvgIpc) is 3.31. The van der Waals surface area contributed by atoms with Crippen molar-refractivity contribution in [1.82, 2.24) is 10.2 Å². The Morgan fingerprint density at radius 2 is 1.66 bits per heavy atom. The monoisotopic (exact) mass is 392 g/mol. The van der Waals surface area contributed by atoms with Gasteiger partial charge in [-0.2, -0.15) is 0 Å². The number of fused-ring (bicyclic) bond motifs is 1. The van der Waals surface area contributed by atoms with Crippen LogP contribution in [0.3, 0.4) is 0 Å². The molecule has 5 heteroatoms. The fraction of sp³-hybridized carbons (Fsp3) is 0.417. The Bertz CT molecular complexity index is 831. The van der Waals surface area contributed by atoms with Crippen LogP contribution in [0.5, 0.6) is 0 Å². The average molecular weight is 392 g/mol. The largest absolute Gasteiger partial charge is 0.481 e. The number of hydrogen-bond acceptors (Lipinski definition) is 3. The first-order chi connectivity index (χ1) is 14.0. The van der Waals surface area contributed by atoms with E-state index in [2.05, 4.69) is 10.2 Å². The molecule has 1 unspecified atom stereocenters. The number of amides is 1. The quantitative estimate of drug-likeness (QED) is 0.790. The van der Waals surface area contributed by atoms with Gasteiger partial charge in [0.2, 0.25) is 5.91 Å². The number of aliphatic carboxylic acids is 1. The van der Waals surface area contributed by atoms with Gasteiger partial charge in [0.15, 0.2) is 0 Å². The molecule has 152 valence electrons. The minimum absolute atomic E-state index is 0.0665. The van der Waals surface area contributed by atoms with Gasteiger partial charge in [0, 0.05) is 13.1 Å². The lowest BCUT2D eigenvalue weighted by atomic mass is 9.81. The fourth-order valence-electron chi connectivity index (χ4n) is 5.05. The van der Waals surface area contributed by atoms with Crippen LogP contribution in [0.25, 0.3) is 0 Å². The van der Waals surface area contributed by atoms with Crippen LogP contribution in [0.1, 0.15) is 43.4 Å². The molecule has 29 heavy (non-hydrogen) atoms. The highest BCUT2D eigenvalue weighted by molar-refractivity contribution is 5.83. The molecule has 5 nitrogen and oxygen atoms in total. The van der Waals surface area contributed by atoms with Gasteiger partial charge in [-0.15, -0.1) is 0 Å². The molecule has 0 radical (unpaired) electrons. The summed E-state index contributed by atoms with van der Waals surface area (Å²) in [6, 6.07) is 19.3. The number of nitrogens with zero attached hydrogens (tertiary/aromatic N) is 1. The summed E-state index contributed by atoms with van der Waals surface area (Å²) in [5.41, 5.74) is 1.38. The number of carbonyl (C=O) groups excluding carboxylic acids is 1. The predicted molar refractivity (Wildman–Crippen MR) is 111 cm³/mol. The molecule has 0 bridgehead atoms. The molecular formula is C24H28N2O3. The second-order valence-corrected chi connectivity index (χ2v) is 8.42. The Morgan fingerprint density at radius 1 is 1.07 bits per heavy atom. The second kappa shape index (κ2) is 7.99. The Balaban J connectivity index is 1.52. The molecule has 1 heterocycles. The van der Waals surface area contributed by atoms with E-state index in [9.17, 15) is 14.7 Å². The highest BCUT2D eigenvalue weighted by Gasteiger charge is 2.55. The lowest BCUT2D eigenvalue weighted by Crippen LogP contribution is -2.46. The number of benzene rings is 2. The topological polar surface area (TPSA) is 69.6 Å². The lowest BCUT2D eigenvalue weighted by Gasteiger charge is -2.28. The first kappa shape index (κ1) is 19.6. The number of nitrogens with one attached hydrogen (secondary N) is 1. The van der Waals surface area contributed by atoms with Crippen molar-refractivity contribution >= 4 is 11.9 Å². The van der Waals surface area contributed by atoms with E-state index in [1.165, 1.54) is 0 Å². The number of rotatable bonds is 6. The van der Waals surface area contributed by atoms with Gasteiger partial charge in [-0.3, -0.25) is 14.5 Å². The van der Waals surface area contributed by atoms with Crippen LogP contribution in [-0.2, 0) is 9.59 Å². The molecule has 0 spiro atoms. The van der Waals surface area contributed by atoms with Gasteiger partial charge >= 0.3 is 5.97 Å². The highest BCUT2D eigenvalue weighted by atomic mass is 16.4. The third-order valence-electron chi connectivity index (χ3n) is 6.80. The first-order valence-electron chi connectivity index (χ1n) is 10.4. The van der Waals surface area contributed by atoms with E-state index in [0.29, 0.717) is 19.5 Å². The molecule has 2 fully saturated rings. The molecule has 1 saturated carbocycles. The summed E-state index contributed by atoms with van der Waals surface area (Å²) in [4.78, 5) is 27.2. The summed E-state index contributed by atoms with van der Waals surface area (Å²) < 4.78 is 0. The summed E-state index contributed by atoms with van der Waals surface area (Å²) in [5, 5.41) is 13.0. The van der Waals surface area contributed by atoms with Crippen molar-refractivity contribution in [2.75, 3.05) is 13.1 Å². The third-order valence-corrected chi connectivity index (χ3v) is 6.80. The van der Waals surface area contributed by atoms with E-state index in [0.717, 1.165) is 24.0 Å². The Kier molecular flexibility index (Phi) is 5.41. The lowest BCUT2D eigenvalue weighted by molar-refractivity contribution is -0.149. The maximum atomic E-state index is 13.2. The van der Waals surface area contributed by atoms with E-state index in [-0.39, 0.29) is 23.9 Å². The van der Waals surface area contributed by atoms with E-state index >= 15 is 0 Å². The summed E-state index contributed by atoms with van der Waals surface area (Å²) in [6.45, 7) is 3.03. The number of hydrogen-bond donors (Lipinski definition) is 2. The number of carboxylic acids is 1. The van der Waals surface area contributed by atoms with Gasteiger partial charge in [-0.05, 0) is 36.8 Å². The standard InChI is InChI=1S/C24H28N2O3/c1-17(26-15-20-13-8-14-24(20,16-26)23(28)29)22(27)25-21(18-9-4-2-5-10-18)19-11-6-3-7-12-19/h2-7,9-12,17,20-21H,8,13-16H2,1H3,(H,25,27)(H,28,29)/t17?,20-,24+/m0/s1. The molecule has 0 aromatic heterocycles. The summed E-state index contributed by atoms with van der Waals surface area (Å²) in [5.74, 6) is -0.626. The van der Waals surface area contributed by atoms with Gasteiger partial charge in [0.05, 0.1) is 17.5 Å². The van der Waals surface area contributed by atoms with Crippen molar-refractivity contribution in [2.24, 2.45) is 11.3 Å². The third kappa shape index (κ3) is 3.67.